The number of aryl methyl sites for hydroxylation is 1. The molecule has 2 rings (SSSR count). The first-order valence-corrected chi connectivity index (χ1v) is 7.82. The van der Waals surface area contributed by atoms with Gasteiger partial charge in [-0.25, -0.2) is 12.8 Å². The van der Waals surface area contributed by atoms with E-state index in [1.165, 1.54) is 16.4 Å². The Morgan fingerprint density at radius 3 is 2.80 bits per heavy atom. The summed E-state index contributed by atoms with van der Waals surface area (Å²) in [6.07, 6.45) is 1.16. The maximum Gasteiger partial charge on any atom is 0.243 e. The van der Waals surface area contributed by atoms with E-state index in [1.807, 2.05) is 0 Å². The molecule has 7 heteroatoms. The number of carbonyl (C=O) groups is 1. The van der Waals surface area contributed by atoms with Gasteiger partial charge in [-0.2, -0.15) is 4.31 Å². The number of nitrogens with zero attached hydrogens (tertiary/aromatic N) is 1. The quantitative estimate of drug-likeness (QED) is 0.905. The Kier molecular flexibility index (Phi) is 4.10. The molecule has 1 aliphatic rings. The van der Waals surface area contributed by atoms with Crippen molar-refractivity contribution < 1.29 is 17.6 Å². The van der Waals surface area contributed by atoms with E-state index in [2.05, 4.69) is 0 Å². The number of benzene rings is 1. The highest BCUT2D eigenvalue weighted by atomic mass is 32.2. The molecule has 5 nitrogen and oxygen atoms in total. The highest BCUT2D eigenvalue weighted by molar-refractivity contribution is 7.89. The fourth-order valence-corrected chi connectivity index (χ4v) is 4.14. The molecule has 1 aromatic rings. The summed E-state index contributed by atoms with van der Waals surface area (Å²) in [6, 6.07) is 3.66. The third-order valence-corrected chi connectivity index (χ3v) is 5.56. The Balaban J connectivity index is 2.35. The number of nitrogens with two attached hydrogens (primary N) is 1. The van der Waals surface area contributed by atoms with E-state index in [9.17, 15) is 17.6 Å². The number of sulfonamides is 1. The topological polar surface area (TPSA) is 80.5 Å². The predicted molar refractivity (Wildman–Crippen MR) is 71.8 cm³/mol. The van der Waals surface area contributed by atoms with Crippen LogP contribution in [0.3, 0.4) is 0 Å². The Hall–Kier alpha value is -1.47. The van der Waals surface area contributed by atoms with Crippen molar-refractivity contribution in [1.82, 2.24) is 4.31 Å². The minimum Gasteiger partial charge on any atom is -0.369 e. The first kappa shape index (κ1) is 14.9. The SMILES string of the molecule is Cc1ccc(F)cc1S(=O)(=O)N1CCC[C@H](C(N)=O)C1. The second-order valence-corrected chi connectivity index (χ2v) is 6.92. The van der Waals surface area contributed by atoms with Crippen LogP contribution in [-0.2, 0) is 14.8 Å². The number of halogens is 1. The van der Waals surface area contributed by atoms with E-state index < -0.39 is 27.7 Å². The third-order valence-electron chi connectivity index (χ3n) is 3.55. The standard InChI is InChI=1S/C13H17FN2O3S/c1-9-4-5-11(14)7-12(9)20(18,19)16-6-2-3-10(8-16)13(15)17/h4-5,7,10H,2-3,6,8H2,1H3,(H2,15,17)/t10-/m0/s1. The van der Waals surface area contributed by atoms with Gasteiger partial charge >= 0.3 is 0 Å². The van der Waals surface area contributed by atoms with Crippen LogP contribution < -0.4 is 5.73 Å². The maximum atomic E-state index is 13.3. The van der Waals surface area contributed by atoms with E-state index in [1.54, 1.807) is 6.92 Å². The normalized spacial score (nSPS) is 20.8. The molecule has 0 bridgehead atoms. The lowest BCUT2D eigenvalue weighted by Gasteiger charge is -2.30. The molecule has 0 saturated carbocycles. The van der Waals surface area contributed by atoms with Gasteiger partial charge < -0.3 is 5.73 Å². The number of primary amides is 1. The number of rotatable bonds is 3. The van der Waals surface area contributed by atoms with Crippen LogP contribution in [0.1, 0.15) is 18.4 Å². The molecule has 1 saturated heterocycles. The largest absolute Gasteiger partial charge is 0.369 e. The summed E-state index contributed by atoms with van der Waals surface area (Å²) in [4.78, 5) is 11.2. The van der Waals surface area contributed by atoms with Gasteiger partial charge in [0.25, 0.3) is 0 Å². The van der Waals surface area contributed by atoms with Crippen molar-refractivity contribution in [3.63, 3.8) is 0 Å². The summed E-state index contributed by atoms with van der Waals surface area (Å²) in [7, 11) is -3.80. The Morgan fingerprint density at radius 2 is 2.15 bits per heavy atom. The van der Waals surface area contributed by atoms with E-state index in [-0.39, 0.29) is 11.4 Å². The Morgan fingerprint density at radius 1 is 1.45 bits per heavy atom. The van der Waals surface area contributed by atoms with Crippen LogP contribution >= 0.6 is 0 Å². The van der Waals surface area contributed by atoms with E-state index >= 15 is 0 Å². The average molecular weight is 300 g/mol. The van der Waals surface area contributed by atoms with Crippen molar-refractivity contribution in [3.8, 4) is 0 Å². The van der Waals surface area contributed by atoms with Crippen molar-refractivity contribution in [2.24, 2.45) is 11.7 Å². The first-order valence-electron chi connectivity index (χ1n) is 6.38. The van der Waals surface area contributed by atoms with E-state index in [0.717, 1.165) is 6.07 Å². The van der Waals surface area contributed by atoms with Crippen LogP contribution in [0.5, 0.6) is 0 Å². The summed E-state index contributed by atoms with van der Waals surface area (Å²) in [5.74, 6) is -1.58. The molecule has 1 fully saturated rings. The van der Waals surface area contributed by atoms with Gasteiger partial charge in [0.05, 0.1) is 10.8 Å². The van der Waals surface area contributed by atoms with Crippen molar-refractivity contribution in [1.29, 1.82) is 0 Å². The highest BCUT2D eigenvalue weighted by Crippen LogP contribution is 2.26. The summed E-state index contributed by atoms with van der Waals surface area (Å²) in [5, 5.41) is 0. The van der Waals surface area contributed by atoms with Crippen molar-refractivity contribution in [2.75, 3.05) is 13.1 Å². The van der Waals surface area contributed by atoms with Gasteiger partial charge in [0, 0.05) is 13.1 Å². The van der Waals surface area contributed by atoms with Crippen LogP contribution in [0.15, 0.2) is 23.1 Å². The summed E-state index contributed by atoms with van der Waals surface area (Å²) >= 11 is 0. The highest BCUT2D eigenvalue weighted by Gasteiger charge is 2.33. The van der Waals surface area contributed by atoms with Crippen LogP contribution in [0.4, 0.5) is 4.39 Å². The fraction of sp³-hybridized carbons (Fsp3) is 0.462. The lowest BCUT2D eigenvalue weighted by atomic mass is 9.99. The van der Waals surface area contributed by atoms with Gasteiger partial charge in [-0.3, -0.25) is 4.79 Å². The zero-order valence-electron chi connectivity index (χ0n) is 11.2. The van der Waals surface area contributed by atoms with Crippen molar-refractivity contribution in [2.45, 2.75) is 24.7 Å². The molecular formula is C13H17FN2O3S. The summed E-state index contributed by atoms with van der Waals surface area (Å²) in [5.41, 5.74) is 5.72. The van der Waals surface area contributed by atoms with Gasteiger partial charge in [-0.15, -0.1) is 0 Å². The monoisotopic (exact) mass is 300 g/mol. The molecule has 0 spiro atoms. The Bertz CT molecular complexity index is 631. The van der Waals surface area contributed by atoms with Crippen LogP contribution in [0, 0.1) is 18.7 Å². The van der Waals surface area contributed by atoms with Gasteiger partial charge in [-0.05, 0) is 37.5 Å². The van der Waals surface area contributed by atoms with Gasteiger partial charge in [0.15, 0.2) is 0 Å². The smallest absolute Gasteiger partial charge is 0.243 e. The lowest BCUT2D eigenvalue weighted by Crippen LogP contribution is -2.44. The second kappa shape index (κ2) is 5.49. The molecular weight excluding hydrogens is 283 g/mol. The summed E-state index contributed by atoms with van der Waals surface area (Å²) in [6.45, 7) is 2.00. The zero-order valence-corrected chi connectivity index (χ0v) is 12.0. The van der Waals surface area contributed by atoms with E-state index in [0.29, 0.717) is 24.9 Å². The number of hydrogen-bond acceptors (Lipinski definition) is 3. The number of amides is 1. The molecule has 0 aromatic heterocycles. The molecule has 1 heterocycles. The lowest BCUT2D eigenvalue weighted by molar-refractivity contribution is -0.122. The van der Waals surface area contributed by atoms with Crippen LogP contribution in [-0.4, -0.2) is 31.7 Å². The van der Waals surface area contributed by atoms with Crippen molar-refractivity contribution in [3.05, 3.63) is 29.6 Å². The fourth-order valence-electron chi connectivity index (χ4n) is 2.38. The molecule has 1 atom stereocenters. The molecule has 2 N–H and O–H groups in total. The molecule has 1 amide bonds. The number of carbonyl (C=O) groups excluding carboxylic acids is 1. The predicted octanol–water partition coefficient (Wildman–Crippen LogP) is 1.02. The van der Waals surface area contributed by atoms with Crippen LogP contribution in [0.2, 0.25) is 0 Å². The van der Waals surface area contributed by atoms with Gasteiger partial charge in [0.2, 0.25) is 15.9 Å². The molecule has 1 aliphatic heterocycles. The maximum absolute atomic E-state index is 13.3. The van der Waals surface area contributed by atoms with Crippen LogP contribution in [0.25, 0.3) is 0 Å². The minimum absolute atomic E-state index is 0.0531. The molecule has 0 radical (unpaired) electrons. The number of piperidine rings is 1. The van der Waals surface area contributed by atoms with E-state index in [4.69, 9.17) is 5.73 Å². The zero-order chi connectivity index (χ0) is 14.9. The average Bonchev–Trinajstić information content (AvgIpc) is 2.41. The van der Waals surface area contributed by atoms with Crippen molar-refractivity contribution >= 4 is 15.9 Å². The number of hydrogen-bond donors (Lipinski definition) is 1. The molecule has 110 valence electrons. The third kappa shape index (κ3) is 2.83. The molecule has 1 aromatic carbocycles. The second-order valence-electron chi connectivity index (χ2n) is 5.01. The first-order chi connectivity index (χ1) is 9.32. The molecule has 0 aliphatic carbocycles. The molecule has 20 heavy (non-hydrogen) atoms. The Labute approximate surface area is 117 Å². The molecule has 0 unspecified atom stereocenters. The summed E-state index contributed by atoms with van der Waals surface area (Å²) < 4.78 is 39.6. The minimum atomic E-state index is -3.80. The van der Waals surface area contributed by atoms with Gasteiger partial charge in [-0.1, -0.05) is 6.07 Å². The van der Waals surface area contributed by atoms with Gasteiger partial charge in [0.1, 0.15) is 5.82 Å².